The summed E-state index contributed by atoms with van der Waals surface area (Å²) in [5.74, 6) is -8.89. The molecule has 1 saturated carbocycles. The molecule has 3 unspecified atom stereocenters. The van der Waals surface area contributed by atoms with E-state index in [9.17, 15) is 27.2 Å². The van der Waals surface area contributed by atoms with Crippen molar-refractivity contribution >= 4 is 35.8 Å². The third kappa shape index (κ3) is 7.30. The van der Waals surface area contributed by atoms with Crippen LogP contribution >= 0.6 is 11.6 Å². The number of pyridine rings is 1. The van der Waals surface area contributed by atoms with Gasteiger partial charge in [0.1, 0.15) is 29.6 Å². The number of aryl methyl sites for hydroxylation is 1. The molecule has 2 amide bonds. The Morgan fingerprint density at radius 3 is 2.41 bits per heavy atom. The van der Waals surface area contributed by atoms with Gasteiger partial charge in [-0.25, -0.2) is 17.6 Å². The number of carbonyl (C=O) groups excluding carboxylic acids is 2. The number of aromatic nitrogens is 3. The van der Waals surface area contributed by atoms with Crippen molar-refractivity contribution in [3.63, 3.8) is 0 Å². The second kappa shape index (κ2) is 14.7. The fourth-order valence-electron chi connectivity index (χ4n) is 6.53. The molecule has 0 spiro atoms. The van der Waals surface area contributed by atoms with Gasteiger partial charge in [-0.2, -0.15) is 19.0 Å². The second-order valence-electron chi connectivity index (χ2n) is 11.9. The molecule has 0 saturated heterocycles. The molecule has 9 nitrogen and oxygen atoms in total. The Bertz CT molecular complexity index is 1980. The zero-order chi connectivity index (χ0) is 37.4. The Hall–Kier alpha value is -4.92. The van der Waals surface area contributed by atoms with Gasteiger partial charge in [-0.3, -0.25) is 24.7 Å². The molecule has 2 aliphatic rings. The number of rotatable bonds is 12. The standard InChI is InChI=1S/C33H28ClF6N7O2.C2H6/c1-3-23-24(45-42-2)12-18(15-4-5-22(34)20(9-15)32(41)49)28(44-23)25(8-14-6-16(35)10-17(36)7-14)43-26(48)13-47-30-27(29(46-47)31(37)38)19-11-21(19)33(30,39)40;1-2/h4-7,9-10,12,19,21,25,31,45H,2-3,8,11,13H2,1H3,(H2,41,49)(H,43,48);1-2H3. The maximum absolute atomic E-state index is 15.2. The first-order valence-corrected chi connectivity index (χ1v) is 16.5. The fourth-order valence-corrected chi connectivity index (χ4v) is 6.74. The molecule has 0 aliphatic heterocycles. The highest BCUT2D eigenvalue weighted by Gasteiger charge is 2.67. The summed E-state index contributed by atoms with van der Waals surface area (Å²) >= 11 is 6.20. The molecule has 1 fully saturated rings. The largest absolute Gasteiger partial charge is 0.366 e. The van der Waals surface area contributed by atoms with Crippen molar-refractivity contribution in [3.8, 4) is 11.1 Å². The van der Waals surface area contributed by atoms with E-state index in [1.807, 2.05) is 13.8 Å². The average molecular weight is 734 g/mol. The van der Waals surface area contributed by atoms with E-state index in [-0.39, 0.29) is 40.2 Å². The monoisotopic (exact) mass is 733 g/mol. The van der Waals surface area contributed by atoms with Gasteiger partial charge in [0, 0.05) is 29.8 Å². The molecule has 3 atom stereocenters. The number of hydrogen-bond donors (Lipinski definition) is 3. The lowest BCUT2D eigenvalue weighted by atomic mass is 9.93. The molecule has 0 radical (unpaired) electrons. The van der Waals surface area contributed by atoms with Crippen molar-refractivity contribution in [3.05, 3.63) is 98.6 Å². The van der Waals surface area contributed by atoms with Crippen LogP contribution in [0.1, 0.15) is 89.8 Å². The minimum Gasteiger partial charge on any atom is -0.366 e. The smallest absolute Gasteiger partial charge is 0.293 e. The van der Waals surface area contributed by atoms with Crippen molar-refractivity contribution in [2.75, 3.05) is 5.43 Å². The first kappa shape index (κ1) is 37.3. The fraction of sp³-hybridized carbons (Fsp3) is 0.343. The number of primary amides is 1. The maximum Gasteiger partial charge on any atom is 0.293 e. The van der Waals surface area contributed by atoms with Gasteiger partial charge in [-0.15, -0.1) is 0 Å². The molecule has 2 aromatic carbocycles. The minimum absolute atomic E-state index is 0.0322. The van der Waals surface area contributed by atoms with Crippen LogP contribution in [0.15, 0.2) is 47.6 Å². The number of fused-ring (bicyclic) bond motifs is 3. The van der Waals surface area contributed by atoms with E-state index >= 15 is 8.78 Å². The third-order valence-electron chi connectivity index (χ3n) is 8.70. The van der Waals surface area contributed by atoms with E-state index < -0.39 is 71.6 Å². The molecule has 4 aromatic rings. The van der Waals surface area contributed by atoms with Crippen LogP contribution in [0.4, 0.5) is 32.0 Å². The van der Waals surface area contributed by atoms with Crippen LogP contribution in [0.5, 0.6) is 0 Å². The van der Waals surface area contributed by atoms with Crippen molar-refractivity contribution < 1.29 is 35.9 Å². The quantitative estimate of drug-likeness (QED) is 0.0777. The summed E-state index contributed by atoms with van der Waals surface area (Å²) in [5.41, 5.74) is 8.24. The van der Waals surface area contributed by atoms with Crippen LogP contribution in [0.3, 0.4) is 0 Å². The zero-order valence-corrected chi connectivity index (χ0v) is 28.5. The summed E-state index contributed by atoms with van der Waals surface area (Å²) in [6.45, 7) is 8.37. The lowest BCUT2D eigenvalue weighted by molar-refractivity contribution is -0.123. The highest BCUT2D eigenvalue weighted by molar-refractivity contribution is 6.33. The predicted octanol–water partition coefficient (Wildman–Crippen LogP) is 7.84. The highest BCUT2D eigenvalue weighted by Crippen LogP contribution is 2.68. The second-order valence-corrected chi connectivity index (χ2v) is 12.3. The number of nitrogens with two attached hydrogens (primary N) is 1. The Morgan fingerprint density at radius 2 is 1.80 bits per heavy atom. The molecular formula is C35H34ClF6N7O2. The Kier molecular flexibility index (Phi) is 10.8. The first-order chi connectivity index (χ1) is 24.2. The first-order valence-electron chi connectivity index (χ1n) is 16.1. The molecule has 2 heterocycles. The van der Waals surface area contributed by atoms with Crippen LogP contribution in [-0.2, 0) is 30.1 Å². The molecule has 6 rings (SSSR count). The molecule has 0 bridgehead atoms. The summed E-state index contributed by atoms with van der Waals surface area (Å²) in [5, 5.41) is 10.2. The number of amides is 2. The van der Waals surface area contributed by atoms with Gasteiger partial charge < -0.3 is 11.1 Å². The van der Waals surface area contributed by atoms with Crippen molar-refractivity contribution in [2.45, 2.75) is 70.9 Å². The number of hydrazone groups is 1. The van der Waals surface area contributed by atoms with Gasteiger partial charge in [0.25, 0.3) is 12.3 Å². The molecule has 270 valence electrons. The van der Waals surface area contributed by atoms with Gasteiger partial charge >= 0.3 is 0 Å². The van der Waals surface area contributed by atoms with Crippen molar-refractivity contribution in [1.29, 1.82) is 0 Å². The average Bonchev–Trinajstić information content (AvgIpc) is 3.73. The van der Waals surface area contributed by atoms with Crippen LogP contribution in [0.25, 0.3) is 11.1 Å². The summed E-state index contributed by atoms with van der Waals surface area (Å²) < 4.78 is 87.4. The van der Waals surface area contributed by atoms with Gasteiger partial charge in [0.15, 0.2) is 0 Å². The summed E-state index contributed by atoms with van der Waals surface area (Å²) in [7, 11) is 0. The van der Waals surface area contributed by atoms with E-state index in [2.05, 4.69) is 27.7 Å². The molecule has 51 heavy (non-hydrogen) atoms. The number of nitrogens with zero attached hydrogens (tertiary/aromatic N) is 4. The lowest BCUT2D eigenvalue weighted by Crippen LogP contribution is -2.35. The van der Waals surface area contributed by atoms with E-state index in [1.165, 1.54) is 12.1 Å². The van der Waals surface area contributed by atoms with Crippen molar-refractivity contribution in [1.82, 2.24) is 20.1 Å². The molecule has 16 heteroatoms. The number of alkyl halides is 4. The van der Waals surface area contributed by atoms with Crippen LogP contribution in [0.2, 0.25) is 5.02 Å². The number of hydrogen-bond acceptors (Lipinski definition) is 6. The van der Waals surface area contributed by atoms with Gasteiger partial charge in [0.2, 0.25) is 11.8 Å². The highest BCUT2D eigenvalue weighted by atomic mass is 35.5. The SMILES string of the molecule is C=NNc1cc(-c2ccc(Cl)c(C(N)=O)c2)c(C(Cc2cc(F)cc(F)c2)NC(=O)Cn2nc(C(F)F)c3c2C(F)(F)C2CC32)nc1CC.CC. The van der Waals surface area contributed by atoms with Crippen LogP contribution in [-0.4, -0.2) is 33.3 Å². The van der Waals surface area contributed by atoms with E-state index in [1.54, 1.807) is 19.1 Å². The Morgan fingerprint density at radius 1 is 1.12 bits per heavy atom. The predicted molar refractivity (Wildman–Crippen MR) is 180 cm³/mol. The number of carbonyl (C=O) groups is 2. The normalized spacial score (nSPS) is 17.2. The number of anilines is 1. The minimum atomic E-state index is -3.46. The molecular weight excluding hydrogens is 700 g/mol. The number of halogens is 7. The van der Waals surface area contributed by atoms with Gasteiger partial charge in [0.05, 0.1) is 33.7 Å². The topological polar surface area (TPSA) is 127 Å². The van der Waals surface area contributed by atoms with Gasteiger partial charge in [-0.1, -0.05) is 38.4 Å². The van der Waals surface area contributed by atoms with Crippen molar-refractivity contribution in [2.24, 2.45) is 16.8 Å². The van der Waals surface area contributed by atoms with E-state index in [4.69, 9.17) is 22.3 Å². The summed E-state index contributed by atoms with van der Waals surface area (Å²) in [6.07, 6.45) is -3.01. The Balaban J connectivity index is 0.00000248. The van der Waals surface area contributed by atoms with Gasteiger partial charge in [-0.05, 0) is 66.6 Å². The molecule has 2 aromatic heterocycles. The summed E-state index contributed by atoms with van der Waals surface area (Å²) in [4.78, 5) is 30.6. The maximum atomic E-state index is 15.2. The molecule has 4 N–H and O–H groups in total. The molecule has 2 aliphatic carbocycles. The zero-order valence-electron chi connectivity index (χ0n) is 27.7. The lowest BCUT2D eigenvalue weighted by Gasteiger charge is -2.24. The number of benzene rings is 2. The van der Waals surface area contributed by atoms with E-state index in [0.29, 0.717) is 39.7 Å². The summed E-state index contributed by atoms with van der Waals surface area (Å²) in [6, 6.07) is 7.56. The number of nitrogens with one attached hydrogen (secondary N) is 2. The third-order valence-corrected chi connectivity index (χ3v) is 9.03. The Labute approximate surface area is 294 Å². The van der Waals surface area contributed by atoms with Crippen LogP contribution in [0, 0.1) is 17.6 Å². The van der Waals surface area contributed by atoms with E-state index in [0.717, 1.165) is 12.1 Å². The van der Waals surface area contributed by atoms with Crippen LogP contribution < -0.4 is 16.5 Å².